The van der Waals surface area contributed by atoms with Crippen LogP contribution in [-0.2, 0) is 5.41 Å². The Morgan fingerprint density at radius 3 is 2.07 bits per heavy atom. The first kappa shape index (κ1) is 20.5. The van der Waals surface area contributed by atoms with Crippen LogP contribution in [0.15, 0.2) is 42.5 Å². The summed E-state index contributed by atoms with van der Waals surface area (Å²) in [6.07, 6.45) is 3.67. The first-order valence-corrected chi connectivity index (χ1v) is 10.4. The van der Waals surface area contributed by atoms with Gasteiger partial charge in [-0.15, -0.1) is 0 Å². The molecule has 0 radical (unpaired) electrons. The van der Waals surface area contributed by atoms with Crippen LogP contribution in [0, 0.1) is 12.8 Å². The maximum Gasteiger partial charge on any atom is 0.170 e. The molecule has 2 atom stereocenters. The van der Waals surface area contributed by atoms with E-state index in [0.717, 1.165) is 11.5 Å². The van der Waals surface area contributed by atoms with Gasteiger partial charge in [0.2, 0.25) is 0 Å². The molecule has 28 heavy (non-hydrogen) atoms. The van der Waals surface area contributed by atoms with Crippen LogP contribution in [0.1, 0.15) is 96.7 Å². The van der Waals surface area contributed by atoms with Gasteiger partial charge in [0.15, 0.2) is 11.6 Å². The van der Waals surface area contributed by atoms with Crippen LogP contribution in [0.4, 0.5) is 0 Å². The van der Waals surface area contributed by atoms with Crippen molar-refractivity contribution in [1.29, 1.82) is 0 Å². The van der Waals surface area contributed by atoms with Crippen LogP contribution < -0.4 is 0 Å². The third-order valence-corrected chi connectivity index (χ3v) is 6.08. The molecule has 0 amide bonds. The maximum absolute atomic E-state index is 12.6. The van der Waals surface area contributed by atoms with E-state index in [-0.39, 0.29) is 23.4 Å². The van der Waals surface area contributed by atoms with E-state index in [0.29, 0.717) is 17.0 Å². The molecule has 148 valence electrons. The second-order valence-corrected chi connectivity index (χ2v) is 9.54. The van der Waals surface area contributed by atoms with Gasteiger partial charge in [0, 0.05) is 11.1 Å². The summed E-state index contributed by atoms with van der Waals surface area (Å²) >= 11 is 0. The first-order chi connectivity index (χ1) is 13.1. The Hall–Kier alpha value is -2.22. The van der Waals surface area contributed by atoms with Gasteiger partial charge < -0.3 is 0 Å². The van der Waals surface area contributed by atoms with E-state index >= 15 is 0 Å². The molecule has 1 fully saturated rings. The van der Waals surface area contributed by atoms with E-state index in [9.17, 15) is 9.59 Å². The predicted molar refractivity (Wildman–Crippen MR) is 115 cm³/mol. The van der Waals surface area contributed by atoms with Gasteiger partial charge in [-0.25, -0.2) is 0 Å². The molecule has 0 aliphatic heterocycles. The number of ketones is 2. The van der Waals surface area contributed by atoms with Crippen molar-refractivity contribution in [3.63, 3.8) is 0 Å². The average molecular weight is 377 g/mol. The van der Waals surface area contributed by atoms with Gasteiger partial charge in [-0.3, -0.25) is 9.59 Å². The summed E-state index contributed by atoms with van der Waals surface area (Å²) < 4.78 is 0. The molecule has 2 heteroatoms. The summed E-state index contributed by atoms with van der Waals surface area (Å²) in [4.78, 5) is 25.2. The van der Waals surface area contributed by atoms with Crippen molar-refractivity contribution in [2.75, 3.05) is 0 Å². The fourth-order valence-electron chi connectivity index (χ4n) is 4.48. The quantitative estimate of drug-likeness (QED) is 0.432. The molecule has 0 aromatic heterocycles. The van der Waals surface area contributed by atoms with Gasteiger partial charge in [0.05, 0.1) is 6.42 Å². The fraction of sp³-hybridized carbons (Fsp3) is 0.462. The van der Waals surface area contributed by atoms with E-state index in [1.807, 2.05) is 37.3 Å². The van der Waals surface area contributed by atoms with Crippen LogP contribution in [0.3, 0.4) is 0 Å². The zero-order valence-corrected chi connectivity index (χ0v) is 17.8. The minimum absolute atomic E-state index is 0.0420. The summed E-state index contributed by atoms with van der Waals surface area (Å²) in [7, 11) is 0. The molecule has 0 N–H and O–H groups in total. The summed E-state index contributed by atoms with van der Waals surface area (Å²) in [5, 5.41) is 0. The van der Waals surface area contributed by atoms with Crippen LogP contribution in [0.5, 0.6) is 0 Å². The number of carbonyl (C=O) groups is 2. The second kappa shape index (κ2) is 8.03. The normalized spacial score (nSPS) is 19.6. The lowest BCUT2D eigenvalue weighted by molar-refractivity contribution is 0.0894. The van der Waals surface area contributed by atoms with E-state index in [1.165, 1.54) is 30.4 Å². The highest BCUT2D eigenvalue weighted by molar-refractivity contribution is 6.13. The summed E-state index contributed by atoms with van der Waals surface area (Å²) in [6, 6.07) is 13.7. The van der Waals surface area contributed by atoms with Crippen molar-refractivity contribution < 1.29 is 9.59 Å². The Morgan fingerprint density at radius 1 is 0.929 bits per heavy atom. The molecule has 0 bridgehead atoms. The molecular weight excluding hydrogens is 344 g/mol. The molecule has 0 heterocycles. The third-order valence-electron chi connectivity index (χ3n) is 6.08. The molecule has 2 aromatic rings. The largest absolute Gasteiger partial charge is 0.294 e. The molecule has 2 unspecified atom stereocenters. The van der Waals surface area contributed by atoms with Crippen molar-refractivity contribution in [2.45, 2.75) is 71.6 Å². The lowest BCUT2D eigenvalue weighted by Gasteiger charge is -2.22. The smallest absolute Gasteiger partial charge is 0.170 e. The SMILES string of the molecule is Cc1cc(C(=O)CC(=O)c2ccc(C3CCC(C)C3)cc2)ccc1C(C)(C)C. The topological polar surface area (TPSA) is 34.1 Å². The molecule has 3 rings (SSSR count). The number of hydrogen-bond donors (Lipinski definition) is 0. The number of Topliss-reactive ketones (excluding diaryl/α,β-unsaturated/α-hetero) is 2. The Labute approximate surface area is 169 Å². The molecule has 2 nitrogen and oxygen atoms in total. The number of aryl methyl sites for hydroxylation is 1. The first-order valence-electron chi connectivity index (χ1n) is 10.4. The highest BCUT2D eigenvalue weighted by Gasteiger charge is 2.23. The Kier molecular flexibility index (Phi) is 5.88. The van der Waals surface area contributed by atoms with Crippen molar-refractivity contribution >= 4 is 11.6 Å². The van der Waals surface area contributed by atoms with Crippen LogP contribution in [-0.4, -0.2) is 11.6 Å². The maximum atomic E-state index is 12.6. The molecule has 1 aliphatic rings. The van der Waals surface area contributed by atoms with Crippen molar-refractivity contribution in [3.05, 3.63) is 70.3 Å². The van der Waals surface area contributed by atoms with Crippen LogP contribution >= 0.6 is 0 Å². The summed E-state index contributed by atoms with van der Waals surface area (Å²) in [5.41, 5.74) is 4.94. The van der Waals surface area contributed by atoms with Gasteiger partial charge in [0.25, 0.3) is 0 Å². The highest BCUT2D eigenvalue weighted by atomic mass is 16.1. The molecule has 0 saturated heterocycles. The van der Waals surface area contributed by atoms with E-state index in [2.05, 4.69) is 39.8 Å². The monoisotopic (exact) mass is 376 g/mol. The Balaban J connectivity index is 1.67. The molecular formula is C26H32O2. The lowest BCUT2D eigenvalue weighted by Crippen LogP contribution is -2.14. The van der Waals surface area contributed by atoms with Crippen molar-refractivity contribution in [3.8, 4) is 0 Å². The van der Waals surface area contributed by atoms with Gasteiger partial charge in [-0.05, 0) is 59.8 Å². The van der Waals surface area contributed by atoms with E-state index < -0.39 is 0 Å². The molecule has 1 aliphatic carbocycles. The minimum atomic E-state index is -0.109. The van der Waals surface area contributed by atoms with Gasteiger partial charge in [-0.2, -0.15) is 0 Å². The van der Waals surface area contributed by atoms with Gasteiger partial charge >= 0.3 is 0 Å². The molecule has 1 saturated carbocycles. The minimum Gasteiger partial charge on any atom is -0.294 e. The van der Waals surface area contributed by atoms with E-state index in [4.69, 9.17) is 0 Å². The average Bonchev–Trinajstić information content (AvgIpc) is 3.07. The number of carbonyl (C=O) groups excluding carboxylic acids is 2. The Morgan fingerprint density at radius 2 is 1.54 bits per heavy atom. The molecule has 2 aromatic carbocycles. The number of hydrogen-bond acceptors (Lipinski definition) is 2. The number of benzene rings is 2. The third kappa shape index (κ3) is 4.60. The van der Waals surface area contributed by atoms with Crippen molar-refractivity contribution in [1.82, 2.24) is 0 Å². The lowest BCUT2D eigenvalue weighted by atomic mass is 9.83. The zero-order chi connectivity index (χ0) is 20.5. The summed E-state index contributed by atoms with van der Waals surface area (Å²) in [5.74, 6) is 1.19. The number of rotatable bonds is 5. The van der Waals surface area contributed by atoms with Crippen LogP contribution in [0.2, 0.25) is 0 Å². The molecule has 0 spiro atoms. The van der Waals surface area contributed by atoms with Crippen molar-refractivity contribution in [2.24, 2.45) is 5.92 Å². The van der Waals surface area contributed by atoms with Gasteiger partial charge in [-0.1, -0.05) is 70.5 Å². The second-order valence-electron chi connectivity index (χ2n) is 9.54. The Bertz CT molecular complexity index is 868. The predicted octanol–water partition coefficient (Wildman–Crippen LogP) is 6.65. The standard InChI is InChI=1S/C26H32O2/c1-17-6-7-21(14-17)19-8-10-20(11-9-19)24(27)16-25(28)22-12-13-23(18(2)15-22)26(3,4)5/h8-13,15,17,21H,6-7,14,16H2,1-5H3. The summed E-state index contributed by atoms with van der Waals surface area (Å²) in [6.45, 7) is 10.8. The highest BCUT2D eigenvalue weighted by Crippen LogP contribution is 2.37. The zero-order valence-electron chi connectivity index (χ0n) is 17.8. The van der Waals surface area contributed by atoms with Gasteiger partial charge in [0.1, 0.15) is 0 Å². The fourth-order valence-corrected chi connectivity index (χ4v) is 4.48. The van der Waals surface area contributed by atoms with Crippen LogP contribution in [0.25, 0.3) is 0 Å². The van der Waals surface area contributed by atoms with E-state index in [1.54, 1.807) is 0 Å².